The van der Waals surface area contributed by atoms with Gasteiger partial charge in [0.2, 0.25) is 0 Å². The van der Waals surface area contributed by atoms with Crippen LogP contribution in [0.3, 0.4) is 0 Å². The molecule has 5 heteroatoms. The van der Waals surface area contributed by atoms with Gasteiger partial charge in [-0.3, -0.25) is 9.59 Å². The third-order valence-corrected chi connectivity index (χ3v) is 2.62. The van der Waals surface area contributed by atoms with Crippen LogP contribution < -0.4 is 0 Å². The van der Waals surface area contributed by atoms with Crippen molar-refractivity contribution in [3.63, 3.8) is 0 Å². The molecule has 1 rings (SSSR count). The summed E-state index contributed by atoms with van der Waals surface area (Å²) in [5.74, 6) is -1.24. The predicted octanol–water partition coefficient (Wildman–Crippen LogP) is 1.99. The van der Waals surface area contributed by atoms with Crippen LogP contribution in [0, 0.1) is 11.3 Å². The number of nitriles is 1. The molecule has 0 amide bonds. The Morgan fingerprint density at radius 2 is 1.80 bits per heavy atom. The third-order valence-electron chi connectivity index (χ3n) is 2.62. The fraction of sp³-hybridized carbons (Fsp3) is 0.400. The van der Waals surface area contributed by atoms with Crippen molar-refractivity contribution in [2.24, 2.45) is 0 Å². The molecule has 20 heavy (non-hydrogen) atoms. The summed E-state index contributed by atoms with van der Waals surface area (Å²) in [5.41, 5.74) is 0.785. The van der Waals surface area contributed by atoms with Gasteiger partial charge in [-0.15, -0.1) is 0 Å². The van der Waals surface area contributed by atoms with Crippen molar-refractivity contribution in [2.75, 3.05) is 7.11 Å². The van der Waals surface area contributed by atoms with Gasteiger partial charge in [0.05, 0.1) is 18.7 Å². The molecule has 0 spiro atoms. The van der Waals surface area contributed by atoms with E-state index in [2.05, 4.69) is 4.74 Å². The first-order chi connectivity index (χ1) is 9.36. The van der Waals surface area contributed by atoms with Gasteiger partial charge in [0.15, 0.2) is 0 Å². The molecular weight excluding hydrogens is 258 g/mol. The second-order valence-electron chi connectivity index (χ2n) is 4.97. The molecule has 0 fully saturated rings. The summed E-state index contributed by atoms with van der Waals surface area (Å²) in [6.07, 6.45) is 0.0962. The van der Waals surface area contributed by atoms with Crippen molar-refractivity contribution in [3.05, 3.63) is 35.4 Å². The lowest BCUT2D eigenvalue weighted by Crippen LogP contribution is -2.31. The lowest BCUT2D eigenvalue weighted by atomic mass is 9.97. The van der Waals surface area contributed by atoms with Gasteiger partial charge in [-0.25, -0.2) is 0 Å². The number of carbonyl (C=O) groups excluding carboxylic acids is 2. The number of ether oxygens (including phenoxy) is 2. The molecule has 0 aromatic heterocycles. The van der Waals surface area contributed by atoms with Crippen LogP contribution >= 0.6 is 0 Å². The summed E-state index contributed by atoms with van der Waals surface area (Å²) in [7, 11) is 1.22. The average molecular weight is 275 g/mol. The first kappa shape index (κ1) is 15.7. The largest absolute Gasteiger partial charge is 0.469 e. The molecule has 1 aromatic carbocycles. The molecular formula is C15H17NO4. The number of rotatable bonds is 5. The van der Waals surface area contributed by atoms with Crippen molar-refractivity contribution < 1.29 is 19.1 Å². The maximum absolute atomic E-state index is 11.6. The highest BCUT2D eigenvalue weighted by atomic mass is 16.6. The number of carbonyl (C=O) groups is 2. The number of methoxy groups -OCH3 is 1. The second kappa shape index (κ2) is 6.71. The van der Waals surface area contributed by atoms with Crippen molar-refractivity contribution in [1.29, 1.82) is 5.26 Å². The number of hydrogen-bond donors (Lipinski definition) is 0. The third kappa shape index (κ3) is 5.11. The summed E-state index contributed by atoms with van der Waals surface area (Å²) >= 11 is 0. The van der Waals surface area contributed by atoms with Crippen LogP contribution in [0.15, 0.2) is 24.3 Å². The van der Waals surface area contributed by atoms with Crippen LogP contribution in [0.1, 0.15) is 31.4 Å². The van der Waals surface area contributed by atoms with E-state index in [4.69, 9.17) is 10.00 Å². The Kier molecular flexibility index (Phi) is 5.27. The normalized spacial score (nSPS) is 10.5. The first-order valence-electron chi connectivity index (χ1n) is 6.14. The Bertz CT molecular complexity index is 526. The van der Waals surface area contributed by atoms with Crippen molar-refractivity contribution in [1.82, 2.24) is 0 Å². The molecule has 0 unspecified atom stereocenters. The maximum atomic E-state index is 11.6. The van der Waals surface area contributed by atoms with Gasteiger partial charge in [0.1, 0.15) is 12.0 Å². The monoisotopic (exact) mass is 275 g/mol. The van der Waals surface area contributed by atoms with E-state index in [0.29, 0.717) is 12.0 Å². The van der Waals surface area contributed by atoms with Gasteiger partial charge in [-0.1, -0.05) is 12.1 Å². The highest BCUT2D eigenvalue weighted by Gasteiger charge is 2.24. The molecule has 5 nitrogen and oxygen atoms in total. The van der Waals surface area contributed by atoms with Crippen LogP contribution in [-0.4, -0.2) is 24.6 Å². The summed E-state index contributed by atoms with van der Waals surface area (Å²) in [6, 6.07) is 9.09. The van der Waals surface area contributed by atoms with Gasteiger partial charge in [-0.05, 0) is 31.5 Å². The minimum absolute atomic E-state index is 0.396. The summed E-state index contributed by atoms with van der Waals surface area (Å²) < 4.78 is 9.67. The smallest absolute Gasteiger partial charge is 0.317 e. The van der Waals surface area contributed by atoms with E-state index in [-0.39, 0.29) is 0 Å². The molecule has 0 atom stereocenters. The lowest BCUT2D eigenvalue weighted by molar-refractivity contribution is -0.161. The predicted molar refractivity (Wildman–Crippen MR) is 71.7 cm³/mol. The quantitative estimate of drug-likeness (QED) is 0.606. The molecule has 0 radical (unpaired) electrons. The molecule has 0 aliphatic rings. The Morgan fingerprint density at radius 1 is 1.20 bits per heavy atom. The standard InChI is InChI=1S/C15H17NO4/c1-15(2,20-14(18)8-13(17)19-3)9-11-4-6-12(10-16)7-5-11/h4-7H,8-9H2,1-3H3. The van der Waals surface area contributed by atoms with Gasteiger partial charge < -0.3 is 9.47 Å². The zero-order valence-corrected chi connectivity index (χ0v) is 11.8. The van der Waals surface area contributed by atoms with Crippen LogP contribution in [-0.2, 0) is 25.5 Å². The highest BCUT2D eigenvalue weighted by Crippen LogP contribution is 2.18. The first-order valence-corrected chi connectivity index (χ1v) is 6.14. The minimum Gasteiger partial charge on any atom is -0.469 e. The van der Waals surface area contributed by atoms with Crippen molar-refractivity contribution >= 4 is 11.9 Å². The van der Waals surface area contributed by atoms with E-state index in [0.717, 1.165) is 5.56 Å². The molecule has 0 heterocycles. The number of nitrogens with zero attached hydrogens (tertiary/aromatic N) is 1. The van der Waals surface area contributed by atoms with E-state index in [9.17, 15) is 9.59 Å². The average Bonchev–Trinajstić information content (AvgIpc) is 2.38. The van der Waals surface area contributed by atoms with Crippen molar-refractivity contribution in [2.45, 2.75) is 32.3 Å². The fourth-order valence-electron chi connectivity index (χ4n) is 1.76. The molecule has 0 saturated carbocycles. The van der Waals surface area contributed by atoms with Crippen LogP contribution in [0.2, 0.25) is 0 Å². The van der Waals surface area contributed by atoms with Gasteiger partial charge >= 0.3 is 11.9 Å². The highest BCUT2D eigenvalue weighted by molar-refractivity contribution is 5.91. The fourth-order valence-corrected chi connectivity index (χ4v) is 1.76. The second-order valence-corrected chi connectivity index (χ2v) is 4.97. The Labute approximate surface area is 118 Å². The van der Waals surface area contributed by atoms with E-state index in [1.54, 1.807) is 26.0 Å². The van der Waals surface area contributed by atoms with Gasteiger partial charge in [0, 0.05) is 6.42 Å². The van der Waals surface area contributed by atoms with E-state index in [1.165, 1.54) is 7.11 Å². The summed E-state index contributed by atoms with van der Waals surface area (Å²) in [5, 5.41) is 8.72. The summed E-state index contributed by atoms with van der Waals surface area (Å²) in [4.78, 5) is 22.5. The van der Waals surface area contributed by atoms with Crippen molar-refractivity contribution in [3.8, 4) is 6.07 Å². The topological polar surface area (TPSA) is 76.4 Å². The zero-order chi connectivity index (χ0) is 15.2. The zero-order valence-electron chi connectivity index (χ0n) is 11.8. The Balaban J connectivity index is 2.62. The molecule has 0 aliphatic heterocycles. The minimum atomic E-state index is -0.737. The molecule has 0 bridgehead atoms. The van der Waals surface area contributed by atoms with E-state index < -0.39 is 24.0 Å². The Hall–Kier alpha value is -2.35. The van der Waals surface area contributed by atoms with Crippen LogP contribution in [0.5, 0.6) is 0 Å². The summed E-state index contributed by atoms with van der Waals surface area (Å²) in [6.45, 7) is 3.53. The Morgan fingerprint density at radius 3 is 2.30 bits per heavy atom. The molecule has 0 aliphatic carbocycles. The lowest BCUT2D eigenvalue weighted by Gasteiger charge is -2.25. The molecule has 1 aromatic rings. The van der Waals surface area contributed by atoms with E-state index >= 15 is 0 Å². The SMILES string of the molecule is COC(=O)CC(=O)OC(C)(C)Cc1ccc(C#N)cc1. The molecule has 0 saturated heterocycles. The van der Waals surface area contributed by atoms with Crippen LogP contribution in [0.4, 0.5) is 0 Å². The van der Waals surface area contributed by atoms with Crippen LogP contribution in [0.25, 0.3) is 0 Å². The number of benzene rings is 1. The van der Waals surface area contributed by atoms with Gasteiger partial charge in [-0.2, -0.15) is 5.26 Å². The molecule has 106 valence electrons. The van der Waals surface area contributed by atoms with Gasteiger partial charge in [0.25, 0.3) is 0 Å². The maximum Gasteiger partial charge on any atom is 0.317 e. The number of esters is 2. The number of hydrogen-bond acceptors (Lipinski definition) is 5. The molecule has 0 N–H and O–H groups in total. The van der Waals surface area contributed by atoms with E-state index in [1.807, 2.05) is 18.2 Å².